The van der Waals surface area contributed by atoms with Crippen LogP contribution in [0.3, 0.4) is 0 Å². The van der Waals surface area contributed by atoms with E-state index in [0.29, 0.717) is 23.7 Å². The highest BCUT2D eigenvalue weighted by molar-refractivity contribution is 6.30. The van der Waals surface area contributed by atoms with Gasteiger partial charge in [0.25, 0.3) is 5.91 Å². The van der Waals surface area contributed by atoms with Crippen molar-refractivity contribution in [3.05, 3.63) is 46.5 Å². The smallest absolute Gasteiger partial charge is 0.319 e. The van der Waals surface area contributed by atoms with E-state index in [1.54, 1.807) is 17.8 Å². The Kier molecular flexibility index (Phi) is 2.96. The number of benzene rings is 1. The van der Waals surface area contributed by atoms with Gasteiger partial charge >= 0.3 is 6.03 Å². The number of halogens is 1. The van der Waals surface area contributed by atoms with Gasteiger partial charge in [-0.05, 0) is 36.1 Å². The summed E-state index contributed by atoms with van der Waals surface area (Å²) in [5, 5.41) is 7.47. The SMILES string of the molecule is Cn1ncnc1CN1C(=O)NC2(CCc3cc(Cl)ccc32)C1=O. The standard InChI is InChI=1S/C15H14ClN5O2/c1-20-12(17-8-18-20)7-21-13(22)15(19-14(21)23)5-4-9-6-10(16)2-3-11(9)15/h2-3,6,8H,4-5,7H2,1H3,(H,19,23). The van der Waals surface area contributed by atoms with Gasteiger partial charge in [-0.25, -0.2) is 9.78 Å². The fourth-order valence-corrected chi connectivity index (χ4v) is 3.56. The highest BCUT2D eigenvalue weighted by Gasteiger charge is 2.55. The summed E-state index contributed by atoms with van der Waals surface area (Å²) >= 11 is 6.02. The summed E-state index contributed by atoms with van der Waals surface area (Å²) in [7, 11) is 1.73. The van der Waals surface area contributed by atoms with Crippen molar-refractivity contribution in [1.29, 1.82) is 0 Å². The lowest BCUT2D eigenvalue weighted by Gasteiger charge is -2.22. The normalized spacial score (nSPS) is 22.8. The lowest BCUT2D eigenvalue weighted by molar-refractivity contribution is -0.132. The van der Waals surface area contributed by atoms with Crippen LogP contribution in [-0.4, -0.2) is 31.6 Å². The fourth-order valence-electron chi connectivity index (χ4n) is 3.37. The maximum absolute atomic E-state index is 13.0. The van der Waals surface area contributed by atoms with Gasteiger partial charge in [-0.2, -0.15) is 5.10 Å². The summed E-state index contributed by atoms with van der Waals surface area (Å²) in [6.07, 6.45) is 2.65. The molecule has 1 spiro atoms. The number of nitrogens with one attached hydrogen (secondary N) is 1. The molecule has 1 aromatic carbocycles. The van der Waals surface area contributed by atoms with Gasteiger partial charge in [0.1, 0.15) is 17.7 Å². The Morgan fingerprint density at radius 3 is 2.96 bits per heavy atom. The van der Waals surface area contributed by atoms with E-state index in [4.69, 9.17) is 11.6 Å². The minimum atomic E-state index is -0.977. The minimum absolute atomic E-state index is 0.103. The van der Waals surface area contributed by atoms with E-state index in [9.17, 15) is 9.59 Å². The Balaban J connectivity index is 1.70. The summed E-state index contributed by atoms with van der Waals surface area (Å²) in [5.74, 6) is 0.312. The molecule has 7 nitrogen and oxygen atoms in total. The second-order valence-corrected chi connectivity index (χ2v) is 6.26. The van der Waals surface area contributed by atoms with Gasteiger partial charge in [-0.3, -0.25) is 14.4 Å². The third kappa shape index (κ3) is 1.96. The predicted molar refractivity (Wildman–Crippen MR) is 81.5 cm³/mol. The number of carbonyl (C=O) groups is 2. The molecule has 0 radical (unpaired) electrons. The van der Waals surface area contributed by atoms with E-state index >= 15 is 0 Å². The molecule has 1 unspecified atom stereocenters. The Morgan fingerprint density at radius 2 is 2.22 bits per heavy atom. The quantitative estimate of drug-likeness (QED) is 0.843. The van der Waals surface area contributed by atoms with E-state index in [1.165, 1.54) is 11.2 Å². The Bertz CT molecular complexity index is 833. The fraction of sp³-hybridized carbons (Fsp3) is 0.333. The van der Waals surface area contributed by atoms with E-state index in [0.717, 1.165) is 11.1 Å². The van der Waals surface area contributed by atoms with Crippen LogP contribution in [0.15, 0.2) is 24.5 Å². The van der Waals surface area contributed by atoms with Gasteiger partial charge in [-0.1, -0.05) is 17.7 Å². The molecule has 0 bridgehead atoms. The Labute approximate surface area is 137 Å². The van der Waals surface area contributed by atoms with Crippen LogP contribution in [0.25, 0.3) is 0 Å². The minimum Gasteiger partial charge on any atom is -0.319 e. The van der Waals surface area contributed by atoms with Crippen molar-refractivity contribution in [2.45, 2.75) is 24.9 Å². The van der Waals surface area contributed by atoms with E-state index < -0.39 is 11.6 Å². The molecule has 118 valence electrons. The molecule has 1 aliphatic carbocycles. The summed E-state index contributed by atoms with van der Waals surface area (Å²) < 4.78 is 1.55. The highest BCUT2D eigenvalue weighted by Crippen LogP contribution is 2.42. The van der Waals surface area contributed by atoms with E-state index in [-0.39, 0.29) is 12.5 Å². The van der Waals surface area contributed by atoms with Crippen molar-refractivity contribution >= 4 is 23.5 Å². The molecule has 4 rings (SSSR count). The van der Waals surface area contributed by atoms with Crippen LogP contribution in [0.1, 0.15) is 23.4 Å². The van der Waals surface area contributed by atoms with Crippen LogP contribution in [-0.2, 0) is 30.3 Å². The van der Waals surface area contributed by atoms with Gasteiger partial charge in [0.2, 0.25) is 0 Å². The lowest BCUT2D eigenvalue weighted by Crippen LogP contribution is -2.41. The molecule has 2 aliphatic rings. The predicted octanol–water partition coefficient (Wildman–Crippen LogP) is 1.36. The first-order valence-electron chi connectivity index (χ1n) is 7.27. The monoisotopic (exact) mass is 331 g/mol. The number of imide groups is 1. The topological polar surface area (TPSA) is 80.1 Å². The number of amides is 3. The van der Waals surface area contributed by atoms with Crippen molar-refractivity contribution in [3.8, 4) is 0 Å². The first-order valence-corrected chi connectivity index (χ1v) is 7.65. The number of aromatic nitrogens is 3. The summed E-state index contributed by atoms with van der Waals surface area (Å²) in [6.45, 7) is 0.103. The highest BCUT2D eigenvalue weighted by atomic mass is 35.5. The summed E-state index contributed by atoms with van der Waals surface area (Å²) in [6, 6.07) is 5.03. The first-order chi connectivity index (χ1) is 11.0. The summed E-state index contributed by atoms with van der Waals surface area (Å²) in [5.41, 5.74) is 0.864. The number of hydrogen-bond acceptors (Lipinski definition) is 4. The molecule has 1 fully saturated rings. The molecule has 2 heterocycles. The van der Waals surface area contributed by atoms with Crippen LogP contribution >= 0.6 is 11.6 Å². The molecular formula is C15H14ClN5O2. The van der Waals surface area contributed by atoms with Crippen molar-refractivity contribution in [2.24, 2.45) is 7.05 Å². The summed E-state index contributed by atoms with van der Waals surface area (Å²) in [4.78, 5) is 30.6. The molecule has 1 aromatic heterocycles. The van der Waals surface area contributed by atoms with Crippen LogP contribution < -0.4 is 5.32 Å². The molecule has 1 N–H and O–H groups in total. The van der Waals surface area contributed by atoms with Crippen molar-refractivity contribution in [1.82, 2.24) is 25.0 Å². The largest absolute Gasteiger partial charge is 0.325 e. The number of aryl methyl sites for hydroxylation is 2. The van der Waals surface area contributed by atoms with Gasteiger partial charge in [-0.15, -0.1) is 0 Å². The Hall–Kier alpha value is -2.41. The molecule has 1 saturated heterocycles. The zero-order valence-electron chi connectivity index (χ0n) is 12.4. The maximum Gasteiger partial charge on any atom is 0.325 e. The number of hydrogen-bond donors (Lipinski definition) is 1. The van der Waals surface area contributed by atoms with Crippen LogP contribution in [0.4, 0.5) is 4.79 Å². The second-order valence-electron chi connectivity index (χ2n) is 5.83. The maximum atomic E-state index is 13.0. The molecule has 0 saturated carbocycles. The third-order valence-electron chi connectivity index (χ3n) is 4.58. The van der Waals surface area contributed by atoms with Crippen LogP contribution in [0.2, 0.25) is 5.02 Å². The van der Waals surface area contributed by atoms with E-state index in [2.05, 4.69) is 15.4 Å². The molecular weight excluding hydrogens is 318 g/mol. The van der Waals surface area contributed by atoms with Gasteiger partial charge in [0.15, 0.2) is 0 Å². The number of nitrogens with zero attached hydrogens (tertiary/aromatic N) is 4. The second kappa shape index (κ2) is 4.79. The molecule has 23 heavy (non-hydrogen) atoms. The molecule has 1 atom stereocenters. The number of carbonyl (C=O) groups excluding carboxylic acids is 2. The first kappa shape index (κ1) is 14.2. The number of urea groups is 1. The van der Waals surface area contributed by atoms with Crippen molar-refractivity contribution in [3.63, 3.8) is 0 Å². The average Bonchev–Trinajstić information content (AvgIpc) is 3.14. The molecule has 1 aliphatic heterocycles. The van der Waals surface area contributed by atoms with Gasteiger partial charge in [0, 0.05) is 12.1 Å². The molecule has 2 aromatic rings. The van der Waals surface area contributed by atoms with Gasteiger partial charge in [0.05, 0.1) is 6.54 Å². The Morgan fingerprint density at radius 1 is 1.39 bits per heavy atom. The van der Waals surface area contributed by atoms with Crippen LogP contribution in [0.5, 0.6) is 0 Å². The van der Waals surface area contributed by atoms with E-state index in [1.807, 2.05) is 12.1 Å². The zero-order chi connectivity index (χ0) is 16.2. The molecule has 3 amide bonds. The van der Waals surface area contributed by atoms with Gasteiger partial charge < -0.3 is 5.32 Å². The zero-order valence-corrected chi connectivity index (χ0v) is 13.2. The molecule has 8 heteroatoms. The van der Waals surface area contributed by atoms with Crippen molar-refractivity contribution < 1.29 is 9.59 Å². The number of rotatable bonds is 2. The van der Waals surface area contributed by atoms with Crippen LogP contribution in [0, 0.1) is 0 Å². The number of fused-ring (bicyclic) bond motifs is 2. The van der Waals surface area contributed by atoms with Crippen molar-refractivity contribution in [2.75, 3.05) is 0 Å². The average molecular weight is 332 g/mol. The third-order valence-corrected chi connectivity index (χ3v) is 4.81. The lowest BCUT2D eigenvalue weighted by atomic mass is 9.92.